The van der Waals surface area contributed by atoms with Crippen LogP contribution >= 0.6 is 0 Å². The van der Waals surface area contributed by atoms with Gasteiger partial charge in [0, 0.05) is 42.4 Å². The maximum atomic E-state index is 12.9. The lowest BCUT2D eigenvalue weighted by atomic mass is 9.93. The molecule has 3 N–H and O–H groups in total. The number of amides is 2. The zero-order valence-electron chi connectivity index (χ0n) is 22.6. The lowest BCUT2D eigenvalue weighted by Gasteiger charge is -2.33. The summed E-state index contributed by atoms with van der Waals surface area (Å²) in [6.07, 6.45) is 2.72. The van der Waals surface area contributed by atoms with Crippen LogP contribution in [0.1, 0.15) is 61.1 Å². The fraction of sp³-hybridized carbons (Fsp3) is 0.333. The molecule has 4 aromatic rings. The third-order valence-corrected chi connectivity index (χ3v) is 6.91. The summed E-state index contributed by atoms with van der Waals surface area (Å²) >= 11 is 0. The zero-order valence-corrected chi connectivity index (χ0v) is 22.6. The Bertz CT molecular complexity index is 1480. The maximum absolute atomic E-state index is 12.9. The van der Waals surface area contributed by atoms with E-state index in [4.69, 9.17) is 10.5 Å². The van der Waals surface area contributed by atoms with Crippen LogP contribution in [0.25, 0.3) is 16.6 Å². The number of carbonyl (C=O) groups is 2. The number of nitrogens with one attached hydrogen (secondary N) is 1. The van der Waals surface area contributed by atoms with Crippen LogP contribution in [0.2, 0.25) is 0 Å². The minimum atomic E-state index is -0.526. The molecule has 1 fully saturated rings. The highest BCUT2D eigenvalue weighted by molar-refractivity contribution is 5.97. The van der Waals surface area contributed by atoms with E-state index in [1.54, 1.807) is 11.0 Å². The molecule has 5 rings (SSSR count). The Kier molecular flexibility index (Phi) is 7.24. The summed E-state index contributed by atoms with van der Waals surface area (Å²) in [4.78, 5) is 31.5. The van der Waals surface area contributed by atoms with Crippen LogP contribution in [0.15, 0.2) is 67.0 Å². The molecule has 1 aliphatic heterocycles. The van der Waals surface area contributed by atoms with Crippen molar-refractivity contribution in [1.82, 2.24) is 24.8 Å². The number of ether oxygens (including phenoxy) is 1. The first-order valence-corrected chi connectivity index (χ1v) is 13.2. The van der Waals surface area contributed by atoms with Gasteiger partial charge in [0.15, 0.2) is 5.82 Å². The van der Waals surface area contributed by atoms with E-state index in [0.717, 1.165) is 35.2 Å². The van der Waals surface area contributed by atoms with Crippen LogP contribution in [0.5, 0.6) is 0 Å². The molecule has 202 valence electrons. The number of nitrogens with zero attached hydrogens (tertiary/aromatic N) is 4. The van der Waals surface area contributed by atoms with Gasteiger partial charge < -0.3 is 20.7 Å². The van der Waals surface area contributed by atoms with E-state index >= 15 is 0 Å². The quantitative estimate of drug-likeness (QED) is 0.377. The van der Waals surface area contributed by atoms with Crippen molar-refractivity contribution < 1.29 is 14.3 Å². The monoisotopic (exact) mass is 526 g/mol. The van der Waals surface area contributed by atoms with Crippen molar-refractivity contribution >= 4 is 23.3 Å². The second kappa shape index (κ2) is 10.8. The Labute approximate surface area is 228 Å². The molecule has 0 radical (unpaired) electrons. The Morgan fingerprint density at radius 2 is 1.79 bits per heavy atom. The Hall–Kier alpha value is -4.40. The molecule has 9 heteroatoms. The molecule has 2 aromatic carbocycles. The first-order chi connectivity index (χ1) is 18.7. The topological polar surface area (TPSA) is 115 Å². The predicted molar refractivity (Wildman–Crippen MR) is 150 cm³/mol. The molecule has 2 amide bonds. The third kappa shape index (κ3) is 5.87. The van der Waals surface area contributed by atoms with Gasteiger partial charge in [0.25, 0.3) is 5.91 Å². The number of rotatable bonds is 5. The Morgan fingerprint density at radius 1 is 1.05 bits per heavy atom. The molecular weight excluding hydrogens is 492 g/mol. The summed E-state index contributed by atoms with van der Waals surface area (Å²) in [7, 11) is 0. The number of nitrogen functional groups attached to an aromatic ring is 1. The summed E-state index contributed by atoms with van der Waals surface area (Å²) in [6, 6.07) is 19.4. The van der Waals surface area contributed by atoms with Crippen LogP contribution in [0, 0.1) is 0 Å². The highest BCUT2D eigenvalue weighted by Gasteiger charge is 2.30. The summed E-state index contributed by atoms with van der Waals surface area (Å²) in [5, 5.41) is 7.52. The second-order valence-electron chi connectivity index (χ2n) is 10.9. The van der Waals surface area contributed by atoms with Crippen molar-refractivity contribution in [3.63, 3.8) is 0 Å². The average molecular weight is 527 g/mol. The van der Waals surface area contributed by atoms with Crippen LogP contribution in [0.4, 0.5) is 10.6 Å². The summed E-state index contributed by atoms with van der Waals surface area (Å²) in [6.45, 7) is 7.26. The molecule has 0 spiro atoms. The number of fused-ring (bicyclic) bond motifs is 1. The molecular formula is C30H34N6O3. The van der Waals surface area contributed by atoms with Crippen LogP contribution in [-0.2, 0) is 11.3 Å². The fourth-order valence-electron chi connectivity index (χ4n) is 5.00. The third-order valence-electron chi connectivity index (χ3n) is 6.91. The van der Waals surface area contributed by atoms with Gasteiger partial charge in [0.05, 0.1) is 0 Å². The number of likely N-dealkylation sites (tertiary alicyclic amines) is 1. The van der Waals surface area contributed by atoms with Gasteiger partial charge in [-0.2, -0.15) is 5.10 Å². The summed E-state index contributed by atoms with van der Waals surface area (Å²) < 4.78 is 7.41. The number of nitrogens with two attached hydrogens (primary N) is 1. The minimum Gasteiger partial charge on any atom is -0.444 e. The number of benzene rings is 2. The fourth-order valence-corrected chi connectivity index (χ4v) is 5.00. The molecule has 0 bridgehead atoms. The van der Waals surface area contributed by atoms with Gasteiger partial charge >= 0.3 is 6.09 Å². The minimum absolute atomic E-state index is 0.150. The maximum Gasteiger partial charge on any atom is 0.410 e. The van der Waals surface area contributed by atoms with Gasteiger partial charge in [0.1, 0.15) is 17.4 Å². The van der Waals surface area contributed by atoms with Crippen molar-refractivity contribution in [3.05, 3.63) is 83.8 Å². The van der Waals surface area contributed by atoms with E-state index in [0.29, 0.717) is 36.5 Å². The standard InChI is InChI=1S/C30H34N6O3/c1-30(2,3)39-29(38)35-14-12-21(13-15-35)25-17-24(26-27(31)33-19-34-36(25)26)22-10-7-11-23(16-22)28(37)32-18-20-8-5-4-6-9-20/h4-11,16-17,19,21H,12-15,18H2,1-3H3,(H,32,37)(H2,31,33,34). The lowest BCUT2D eigenvalue weighted by Crippen LogP contribution is -2.41. The van der Waals surface area contributed by atoms with E-state index in [2.05, 4.69) is 21.5 Å². The molecule has 0 atom stereocenters. The van der Waals surface area contributed by atoms with Gasteiger partial charge in [0.2, 0.25) is 0 Å². The summed E-state index contributed by atoms with van der Waals surface area (Å²) in [5.41, 5.74) is 10.9. The van der Waals surface area contributed by atoms with Crippen molar-refractivity contribution in [2.24, 2.45) is 0 Å². The SMILES string of the molecule is CC(C)(C)OC(=O)N1CCC(c2cc(-c3cccc(C(=O)NCc4ccccc4)c3)c3c(N)ncnn23)CC1. The predicted octanol–water partition coefficient (Wildman–Crippen LogP) is 5.02. The number of carbonyl (C=O) groups excluding carboxylic acids is 2. The van der Waals surface area contributed by atoms with Gasteiger partial charge in [-0.1, -0.05) is 42.5 Å². The van der Waals surface area contributed by atoms with E-state index in [-0.39, 0.29) is 17.9 Å². The smallest absolute Gasteiger partial charge is 0.410 e. The van der Waals surface area contributed by atoms with E-state index in [1.165, 1.54) is 6.33 Å². The largest absolute Gasteiger partial charge is 0.444 e. The highest BCUT2D eigenvalue weighted by Crippen LogP contribution is 2.37. The Morgan fingerprint density at radius 3 is 2.51 bits per heavy atom. The van der Waals surface area contributed by atoms with Gasteiger partial charge in [-0.25, -0.2) is 14.3 Å². The second-order valence-corrected chi connectivity index (χ2v) is 10.9. The van der Waals surface area contributed by atoms with E-state index in [1.807, 2.05) is 73.8 Å². The van der Waals surface area contributed by atoms with E-state index < -0.39 is 5.60 Å². The molecule has 1 saturated heterocycles. The number of piperidine rings is 1. The van der Waals surface area contributed by atoms with Gasteiger partial charge in [-0.15, -0.1) is 0 Å². The van der Waals surface area contributed by atoms with E-state index in [9.17, 15) is 9.59 Å². The van der Waals surface area contributed by atoms with Crippen molar-refractivity contribution in [1.29, 1.82) is 0 Å². The number of anilines is 1. The molecule has 9 nitrogen and oxygen atoms in total. The molecule has 0 aliphatic carbocycles. The van der Waals surface area contributed by atoms with Gasteiger partial charge in [-0.05, 0) is 62.9 Å². The van der Waals surface area contributed by atoms with Gasteiger partial charge in [-0.3, -0.25) is 4.79 Å². The molecule has 0 saturated carbocycles. The van der Waals surface area contributed by atoms with Crippen molar-refractivity contribution in [2.75, 3.05) is 18.8 Å². The zero-order chi connectivity index (χ0) is 27.6. The Balaban J connectivity index is 1.39. The first kappa shape index (κ1) is 26.2. The number of hydrogen-bond acceptors (Lipinski definition) is 6. The molecule has 1 aliphatic rings. The first-order valence-electron chi connectivity index (χ1n) is 13.2. The lowest BCUT2D eigenvalue weighted by molar-refractivity contribution is 0.0203. The number of aromatic nitrogens is 3. The molecule has 39 heavy (non-hydrogen) atoms. The van der Waals surface area contributed by atoms with Crippen LogP contribution in [0.3, 0.4) is 0 Å². The average Bonchev–Trinajstić information content (AvgIpc) is 3.33. The van der Waals surface area contributed by atoms with Crippen molar-refractivity contribution in [3.8, 4) is 11.1 Å². The normalized spacial score (nSPS) is 14.4. The highest BCUT2D eigenvalue weighted by atomic mass is 16.6. The number of hydrogen-bond donors (Lipinski definition) is 2. The molecule has 2 aromatic heterocycles. The van der Waals surface area contributed by atoms with Crippen LogP contribution in [-0.4, -0.2) is 50.2 Å². The van der Waals surface area contributed by atoms with Crippen molar-refractivity contribution in [2.45, 2.75) is 51.7 Å². The molecule has 3 heterocycles. The van der Waals surface area contributed by atoms with Crippen LogP contribution < -0.4 is 11.1 Å². The summed E-state index contributed by atoms with van der Waals surface area (Å²) in [5.74, 6) is 0.399. The molecule has 0 unspecified atom stereocenters.